The molecular weight excluding hydrogens is 544 g/mol. The highest BCUT2D eigenvalue weighted by atomic mass is 79.9. The third kappa shape index (κ3) is 3.89. The molecule has 2 aromatic rings. The van der Waals surface area contributed by atoms with Gasteiger partial charge in [0, 0.05) is 5.92 Å². The molecule has 0 amide bonds. The van der Waals surface area contributed by atoms with Crippen LogP contribution in [0.25, 0.3) is 0 Å². The largest absolute Gasteiger partial charge is 0.506 e. The first-order chi connectivity index (χ1) is 10.3. The Labute approximate surface area is 163 Å². The Balaban J connectivity index is 2.56. The van der Waals surface area contributed by atoms with Gasteiger partial charge < -0.3 is 10.2 Å². The molecule has 0 saturated carbocycles. The molecule has 0 aliphatic rings. The quantitative estimate of drug-likeness (QED) is 0.422. The van der Waals surface area contributed by atoms with Gasteiger partial charge in [0.2, 0.25) is 0 Å². The summed E-state index contributed by atoms with van der Waals surface area (Å²) >= 11 is 13.6. The number of rotatable bonds is 4. The predicted molar refractivity (Wildman–Crippen MR) is 104 cm³/mol. The summed E-state index contributed by atoms with van der Waals surface area (Å²) in [6.07, 6.45) is 1.99. The third-order valence-electron chi connectivity index (χ3n) is 3.46. The molecule has 6 heteroatoms. The highest BCUT2D eigenvalue weighted by molar-refractivity contribution is 9.11. The molecule has 0 atom stereocenters. The first-order valence-electron chi connectivity index (χ1n) is 6.71. The van der Waals surface area contributed by atoms with Crippen molar-refractivity contribution in [3.8, 4) is 11.5 Å². The van der Waals surface area contributed by atoms with Gasteiger partial charge in [0.15, 0.2) is 0 Å². The normalized spacial score (nSPS) is 11.2. The molecule has 0 aliphatic carbocycles. The standard InChI is InChI=1S/C16H14Br4O2/c1-2-3-10(8-4-11(17)15(21)12(18)5-8)9-6-13(19)16(22)14(20)7-9/h4-7,10,21-22H,2-3H2,1H3. The van der Waals surface area contributed by atoms with Gasteiger partial charge in [0.05, 0.1) is 17.9 Å². The van der Waals surface area contributed by atoms with E-state index in [4.69, 9.17) is 0 Å². The van der Waals surface area contributed by atoms with Crippen LogP contribution in [0.5, 0.6) is 11.5 Å². The number of phenolic OH excluding ortho intramolecular Hbond substituents is 2. The first-order valence-corrected chi connectivity index (χ1v) is 9.88. The van der Waals surface area contributed by atoms with E-state index in [1.54, 1.807) is 0 Å². The Bertz CT molecular complexity index is 597. The van der Waals surface area contributed by atoms with E-state index in [0.717, 1.165) is 24.0 Å². The minimum Gasteiger partial charge on any atom is -0.506 e. The van der Waals surface area contributed by atoms with Crippen LogP contribution < -0.4 is 0 Å². The Morgan fingerprint density at radius 3 is 1.36 bits per heavy atom. The summed E-state index contributed by atoms with van der Waals surface area (Å²) in [6.45, 7) is 2.14. The van der Waals surface area contributed by atoms with E-state index in [1.165, 1.54) is 0 Å². The molecule has 0 radical (unpaired) electrons. The predicted octanol–water partition coefficient (Wildman–Crippen LogP) is 7.08. The molecule has 2 N–H and O–H groups in total. The maximum atomic E-state index is 9.90. The van der Waals surface area contributed by atoms with Crippen molar-refractivity contribution in [2.45, 2.75) is 25.7 Å². The average Bonchev–Trinajstić information content (AvgIpc) is 2.47. The van der Waals surface area contributed by atoms with Crippen LogP contribution in [0.4, 0.5) is 0 Å². The fourth-order valence-electron chi connectivity index (χ4n) is 2.39. The Morgan fingerprint density at radius 2 is 1.09 bits per heavy atom. The molecule has 22 heavy (non-hydrogen) atoms. The van der Waals surface area contributed by atoms with Gasteiger partial charge in [-0.25, -0.2) is 0 Å². The Morgan fingerprint density at radius 1 is 0.773 bits per heavy atom. The van der Waals surface area contributed by atoms with Crippen molar-refractivity contribution in [1.29, 1.82) is 0 Å². The molecule has 0 aliphatic heterocycles. The Kier molecular flexibility index (Phi) is 6.39. The topological polar surface area (TPSA) is 40.5 Å². The zero-order valence-electron chi connectivity index (χ0n) is 11.7. The average molecular weight is 558 g/mol. The van der Waals surface area contributed by atoms with Crippen molar-refractivity contribution in [2.75, 3.05) is 0 Å². The van der Waals surface area contributed by atoms with Crippen molar-refractivity contribution in [3.63, 3.8) is 0 Å². The zero-order chi connectivity index (χ0) is 16.4. The maximum Gasteiger partial charge on any atom is 0.143 e. The second-order valence-corrected chi connectivity index (χ2v) is 8.42. The second kappa shape index (κ2) is 7.69. The molecular formula is C16H14Br4O2. The maximum absolute atomic E-state index is 9.90. The number of halogens is 4. The molecule has 118 valence electrons. The van der Waals surface area contributed by atoms with Crippen molar-refractivity contribution in [2.24, 2.45) is 0 Å². The van der Waals surface area contributed by atoms with E-state index in [1.807, 2.05) is 24.3 Å². The van der Waals surface area contributed by atoms with Crippen LogP contribution in [0.1, 0.15) is 36.8 Å². The van der Waals surface area contributed by atoms with Crippen molar-refractivity contribution >= 4 is 63.7 Å². The summed E-state index contributed by atoms with van der Waals surface area (Å²) in [6, 6.07) is 7.76. The SMILES string of the molecule is CCCC(c1cc(Br)c(O)c(Br)c1)c1cc(Br)c(O)c(Br)c1. The lowest BCUT2D eigenvalue weighted by Crippen LogP contribution is -2.02. The molecule has 0 unspecified atom stereocenters. The van der Waals surface area contributed by atoms with E-state index in [2.05, 4.69) is 70.6 Å². The van der Waals surface area contributed by atoms with Gasteiger partial charge in [-0.3, -0.25) is 0 Å². The summed E-state index contributed by atoms with van der Waals surface area (Å²) in [5.41, 5.74) is 2.20. The molecule has 0 saturated heterocycles. The fourth-order valence-corrected chi connectivity index (χ4v) is 4.83. The molecule has 0 heterocycles. The van der Waals surface area contributed by atoms with Gasteiger partial charge in [-0.05, 0) is 106 Å². The van der Waals surface area contributed by atoms with Crippen LogP contribution >= 0.6 is 63.7 Å². The summed E-state index contributed by atoms with van der Waals surface area (Å²) in [5, 5.41) is 19.8. The summed E-state index contributed by atoms with van der Waals surface area (Å²) in [4.78, 5) is 0. The van der Waals surface area contributed by atoms with Gasteiger partial charge in [0.25, 0.3) is 0 Å². The minimum absolute atomic E-state index is 0.173. The van der Waals surface area contributed by atoms with Crippen LogP contribution in [0.2, 0.25) is 0 Å². The molecule has 2 nitrogen and oxygen atoms in total. The van der Waals surface area contributed by atoms with Gasteiger partial charge in [0.1, 0.15) is 11.5 Å². The van der Waals surface area contributed by atoms with Crippen molar-refractivity contribution in [1.82, 2.24) is 0 Å². The van der Waals surface area contributed by atoms with Gasteiger partial charge in [-0.15, -0.1) is 0 Å². The van der Waals surface area contributed by atoms with Gasteiger partial charge in [-0.2, -0.15) is 0 Å². The number of aromatic hydroxyl groups is 2. The molecule has 0 bridgehead atoms. The lowest BCUT2D eigenvalue weighted by atomic mass is 9.87. The molecule has 0 fully saturated rings. The van der Waals surface area contributed by atoms with Crippen molar-refractivity contribution < 1.29 is 10.2 Å². The van der Waals surface area contributed by atoms with Crippen LogP contribution in [0.15, 0.2) is 42.2 Å². The fraction of sp³-hybridized carbons (Fsp3) is 0.250. The third-order valence-corrected chi connectivity index (χ3v) is 5.88. The monoisotopic (exact) mass is 554 g/mol. The molecule has 2 rings (SSSR count). The van der Waals surface area contributed by atoms with E-state index in [0.29, 0.717) is 17.9 Å². The van der Waals surface area contributed by atoms with Crippen LogP contribution in [0, 0.1) is 0 Å². The highest BCUT2D eigenvalue weighted by Gasteiger charge is 2.19. The van der Waals surface area contributed by atoms with E-state index >= 15 is 0 Å². The van der Waals surface area contributed by atoms with Crippen LogP contribution in [0.3, 0.4) is 0 Å². The number of phenols is 2. The summed E-state index contributed by atoms with van der Waals surface area (Å²) < 4.78 is 2.65. The van der Waals surface area contributed by atoms with E-state index in [9.17, 15) is 10.2 Å². The number of hydrogen-bond donors (Lipinski definition) is 2. The molecule has 0 aromatic heterocycles. The second-order valence-electron chi connectivity index (χ2n) is 5.01. The lowest BCUT2D eigenvalue weighted by Gasteiger charge is -2.20. The Hall–Kier alpha value is -0.0400. The smallest absolute Gasteiger partial charge is 0.143 e. The lowest BCUT2D eigenvalue weighted by molar-refractivity contribution is 0.467. The first kappa shape index (κ1) is 18.3. The molecule has 0 spiro atoms. The number of hydrogen-bond acceptors (Lipinski definition) is 2. The highest BCUT2D eigenvalue weighted by Crippen LogP contribution is 2.42. The van der Waals surface area contributed by atoms with Crippen LogP contribution in [-0.2, 0) is 0 Å². The van der Waals surface area contributed by atoms with Gasteiger partial charge >= 0.3 is 0 Å². The number of benzene rings is 2. The van der Waals surface area contributed by atoms with E-state index < -0.39 is 0 Å². The minimum atomic E-state index is 0.173. The van der Waals surface area contributed by atoms with Crippen molar-refractivity contribution in [3.05, 3.63) is 53.3 Å². The zero-order valence-corrected chi connectivity index (χ0v) is 18.1. The molecule has 2 aromatic carbocycles. The summed E-state index contributed by atoms with van der Waals surface area (Å²) in [7, 11) is 0. The van der Waals surface area contributed by atoms with Crippen LogP contribution in [-0.4, -0.2) is 10.2 Å². The summed E-state index contributed by atoms with van der Waals surface area (Å²) in [5.74, 6) is 0.575. The van der Waals surface area contributed by atoms with Gasteiger partial charge in [-0.1, -0.05) is 13.3 Å². The van der Waals surface area contributed by atoms with E-state index in [-0.39, 0.29) is 17.4 Å².